The van der Waals surface area contributed by atoms with Gasteiger partial charge in [-0.25, -0.2) is 8.78 Å². The number of aromatic amines is 1. The summed E-state index contributed by atoms with van der Waals surface area (Å²) in [5, 5.41) is 0. The van der Waals surface area contributed by atoms with Crippen LogP contribution in [0.5, 0.6) is 0 Å². The molecule has 0 bridgehead atoms. The molecule has 0 atom stereocenters. The van der Waals surface area contributed by atoms with E-state index in [0.717, 1.165) is 0 Å². The maximum atomic E-state index is 12.6. The van der Waals surface area contributed by atoms with Gasteiger partial charge in [0, 0.05) is 0 Å². The van der Waals surface area contributed by atoms with Crippen molar-refractivity contribution < 1.29 is 18.3 Å². The van der Waals surface area contributed by atoms with Gasteiger partial charge < -0.3 is 9.72 Å². The average molecular weight is 310 g/mol. The van der Waals surface area contributed by atoms with Crippen LogP contribution in [0, 0.1) is 0 Å². The molecular weight excluding hydrogens is 300 g/mol. The second kappa shape index (κ2) is 5.90. The Morgan fingerprint density at radius 2 is 2.24 bits per heavy atom. The molecule has 0 aliphatic rings. The van der Waals surface area contributed by atoms with Crippen LogP contribution >= 0.6 is 15.9 Å². The summed E-state index contributed by atoms with van der Waals surface area (Å²) >= 11 is 2.92. The molecule has 0 amide bonds. The van der Waals surface area contributed by atoms with E-state index in [4.69, 9.17) is 0 Å². The van der Waals surface area contributed by atoms with Crippen molar-refractivity contribution in [3.63, 3.8) is 0 Å². The van der Waals surface area contributed by atoms with E-state index in [2.05, 4.69) is 20.7 Å². The Morgan fingerprint density at radius 3 is 2.76 bits per heavy atom. The maximum absolute atomic E-state index is 12.6. The molecule has 0 unspecified atom stereocenters. The molecule has 0 fully saturated rings. The summed E-state index contributed by atoms with van der Waals surface area (Å²) in [6, 6.07) is 1.21. The van der Waals surface area contributed by atoms with Crippen molar-refractivity contribution in [3.05, 3.63) is 32.2 Å². The van der Waals surface area contributed by atoms with Gasteiger partial charge in [-0.1, -0.05) is 0 Å². The van der Waals surface area contributed by atoms with Crippen molar-refractivity contribution in [2.75, 3.05) is 6.61 Å². The predicted molar refractivity (Wildman–Crippen MR) is 60.1 cm³/mol. The standard InChI is InChI=1S/C10H10BrF2NO3/c1-2-17-7(15)4-5-3-6(11)10(16)14-8(5)9(12)13/h3,9H,2,4H2,1H3,(H,14,16). The number of carbonyl (C=O) groups excluding carboxylic acids is 1. The number of ether oxygens (including phenoxy) is 1. The summed E-state index contributed by atoms with van der Waals surface area (Å²) in [5.74, 6) is -0.617. The molecule has 0 saturated carbocycles. The first kappa shape index (κ1) is 13.8. The van der Waals surface area contributed by atoms with Gasteiger partial charge in [0.2, 0.25) is 0 Å². The van der Waals surface area contributed by atoms with Crippen LogP contribution in [0.3, 0.4) is 0 Å². The monoisotopic (exact) mass is 309 g/mol. The molecule has 0 aromatic carbocycles. The molecule has 17 heavy (non-hydrogen) atoms. The van der Waals surface area contributed by atoms with Crippen LogP contribution in [-0.4, -0.2) is 17.6 Å². The SMILES string of the molecule is CCOC(=O)Cc1cc(Br)c(=O)[nH]c1C(F)F. The van der Waals surface area contributed by atoms with Crippen LogP contribution in [0.4, 0.5) is 8.78 Å². The fourth-order valence-corrected chi connectivity index (χ4v) is 1.64. The lowest BCUT2D eigenvalue weighted by Gasteiger charge is -2.08. The van der Waals surface area contributed by atoms with Crippen LogP contribution in [0.25, 0.3) is 0 Å². The number of esters is 1. The van der Waals surface area contributed by atoms with E-state index in [9.17, 15) is 18.4 Å². The third-order valence-electron chi connectivity index (χ3n) is 1.97. The van der Waals surface area contributed by atoms with Crippen LogP contribution in [0.1, 0.15) is 24.6 Å². The van der Waals surface area contributed by atoms with Gasteiger partial charge in [-0.05, 0) is 34.5 Å². The Morgan fingerprint density at radius 1 is 1.59 bits per heavy atom. The van der Waals surface area contributed by atoms with Gasteiger partial charge in [0.15, 0.2) is 0 Å². The Hall–Kier alpha value is -1.24. The number of nitrogens with one attached hydrogen (secondary N) is 1. The van der Waals surface area contributed by atoms with E-state index < -0.39 is 23.6 Å². The normalized spacial score (nSPS) is 10.6. The Kier molecular flexibility index (Phi) is 4.80. The van der Waals surface area contributed by atoms with E-state index in [0.29, 0.717) is 0 Å². The summed E-state index contributed by atoms with van der Waals surface area (Å²) in [7, 11) is 0. The average Bonchev–Trinajstić information content (AvgIpc) is 2.23. The third-order valence-corrected chi connectivity index (χ3v) is 2.56. The van der Waals surface area contributed by atoms with Crippen LogP contribution in [0.15, 0.2) is 15.3 Å². The Bertz CT molecular complexity index is 473. The Balaban J connectivity index is 3.08. The fraction of sp³-hybridized carbons (Fsp3) is 0.400. The minimum absolute atomic E-state index is 0.0462. The summed E-state index contributed by atoms with van der Waals surface area (Å²) in [6.07, 6.45) is -3.15. The van der Waals surface area contributed by atoms with E-state index in [1.165, 1.54) is 6.07 Å². The minimum Gasteiger partial charge on any atom is -0.466 e. The lowest BCUT2D eigenvalue weighted by atomic mass is 10.1. The second-order valence-electron chi connectivity index (χ2n) is 3.17. The largest absolute Gasteiger partial charge is 0.466 e. The molecule has 1 aromatic heterocycles. The Labute approximate surface area is 104 Å². The number of hydrogen-bond acceptors (Lipinski definition) is 3. The van der Waals surface area contributed by atoms with Crippen LogP contribution < -0.4 is 5.56 Å². The lowest BCUT2D eigenvalue weighted by Crippen LogP contribution is -2.16. The zero-order chi connectivity index (χ0) is 13.0. The first-order chi connectivity index (χ1) is 7.95. The van der Waals surface area contributed by atoms with Gasteiger partial charge in [0.25, 0.3) is 12.0 Å². The molecule has 1 N–H and O–H groups in total. The zero-order valence-electron chi connectivity index (χ0n) is 8.93. The molecule has 0 spiro atoms. The quantitative estimate of drug-likeness (QED) is 0.867. The summed E-state index contributed by atoms with van der Waals surface area (Å²) < 4.78 is 30.0. The highest BCUT2D eigenvalue weighted by Crippen LogP contribution is 2.22. The number of hydrogen-bond donors (Lipinski definition) is 1. The smallest absolute Gasteiger partial charge is 0.310 e. The van der Waals surface area contributed by atoms with Crippen LogP contribution in [0.2, 0.25) is 0 Å². The first-order valence-corrected chi connectivity index (χ1v) is 5.60. The van der Waals surface area contributed by atoms with Crippen molar-refractivity contribution >= 4 is 21.9 Å². The highest BCUT2D eigenvalue weighted by molar-refractivity contribution is 9.10. The molecule has 1 aromatic rings. The highest BCUT2D eigenvalue weighted by atomic mass is 79.9. The van der Waals surface area contributed by atoms with Gasteiger partial charge >= 0.3 is 5.97 Å². The van der Waals surface area contributed by atoms with Gasteiger partial charge in [0.1, 0.15) is 0 Å². The van der Waals surface area contributed by atoms with Gasteiger partial charge in [-0.3, -0.25) is 9.59 Å². The molecule has 4 nitrogen and oxygen atoms in total. The van der Waals surface area contributed by atoms with E-state index in [1.807, 2.05) is 4.98 Å². The number of aromatic nitrogens is 1. The molecular formula is C10H10BrF2NO3. The molecule has 1 heterocycles. The summed E-state index contributed by atoms with van der Waals surface area (Å²) in [5.41, 5.74) is -1.16. The molecule has 0 aliphatic carbocycles. The van der Waals surface area contributed by atoms with Gasteiger partial charge in [0.05, 0.1) is 23.2 Å². The zero-order valence-corrected chi connectivity index (χ0v) is 10.5. The lowest BCUT2D eigenvalue weighted by molar-refractivity contribution is -0.142. The predicted octanol–water partition coefficient (Wildman–Crippen LogP) is 2.18. The number of carbonyl (C=O) groups is 1. The van der Waals surface area contributed by atoms with Crippen molar-refractivity contribution in [1.82, 2.24) is 4.98 Å². The number of rotatable bonds is 4. The summed E-state index contributed by atoms with van der Waals surface area (Å²) in [6.45, 7) is 1.79. The van der Waals surface area contributed by atoms with Crippen molar-refractivity contribution in [2.24, 2.45) is 0 Å². The molecule has 0 saturated heterocycles. The number of halogens is 3. The molecule has 7 heteroatoms. The maximum Gasteiger partial charge on any atom is 0.310 e. The van der Waals surface area contributed by atoms with E-state index >= 15 is 0 Å². The number of H-pyrrole nitrogens is 1. The second-order valence-corrected chi connectivity index (χ2v) is 4.02. The summed E-state index contributed by atoms with van der Waals surface area (Å²) in [4.78, 5) is 24.4. The topological polar surface area (TPSA) is 59.2 Å². The van der Waals surface area contributed by atoms with Crippen molar-refractivity contribution in [1.29, 1.82) is 0 Å². The first-order valence-electron chi connectivity index (χ1n) is 4.81. The highest BCUT2D eigenvalue weighted by Gasteiger charge is 2.18. The van der Waals surface area contributed by atoms with Gasteiger partial charge in [-0.2, -0.15) is 0 Å². The molecule has 0 radical (unpaired) electrons. The van der Waals surface area contributed by atoms with Crippen molar-refractivity contribution in [3.8, 4) is 0 Å². The van der Waals surface area contributed by atoms with E-state index in [-0.39, 0.29) is 23.1 Å². The van der Waals surface area contributed by atoms with Crippen molar-refractivity contribution in [2.45, 2.75) is 19.8 Å². The van der Waals surface area contributed by atoms with E-state index in [1.54, 1.807) is 6.92 Å². The molecule has 1 rings (SSSR count). The third kappa shape index (κ3) is 3.62. The number of pyridine rings is 1. The van der Waals surface area contributed by atoms with Crippen LogP contribution in [-0.2, 0) is 16.0 Å². The molecule has 0 aliphatic heterocycles. The van der Waals surface area contributed by atoms with Gasteiger partial charge in [-0.15, -0.1) is 0 Å². The number of alkyl halides is 2. The fourth-order valence-electron chi connectivity index (χ4n) is 1.27. The minimum atomic E-state index is -2.85. The molecule has 94 valence electrons.